The largest absolute Gasteiger partial charge is 0.411 e. The molecular weight excluding hydrogens is 134 g/mol. The van der Waals surface area contributed by atoms with Gasteiger partial charge in [-0.05, 0) is 12.2 Å². The van der Waals surface area contributed by atoms with E-state index >= 15 is 0 Å². The molecule has 0 fully saturated rings. The van der Waals surface area contributed by atoms with Crippen LogP contribution in [0.4, 0.5) is 0 Å². The van der Waals surface area contributed by atoms with Crippen molar-refractivity contribution in [3.63, 3.8) is 0 Å². The second-order valence-electron chi connectivity index (χ2n) is 2.20. The minimum absolute atomic E-state index is 0.613. The molecule has 0 radical (unpaired) electrons. The standard InChI is InChI=1S/C6H13NOS/c1-5(2)9-4-6(3)7-8/h5,8H,4H2,1-3H3. The van der Waals surface area contributed by atoms with E-state index in [4.69, 9.17) is 5.21 Å². The molecule has 54 valence electrons. The van der Waals surface area contributed by atoms with Crippen molar-refractivity contribution in [3.05, 3.63) is 0 Å². The highest BCUT2D eigenvalue weighted by Gasteiger charge is 1.95. The van der Waals surface area contributed by atoms with E-state index in [1.807, 2.05) is 6.92 Å². The normalized spacial score (nSPS) is 12.7. The van der Waals surface area contributed by atoms with Crippen molar-refractivity contribution >= 4 is 17.5 Å². The fourth-order valence-electron chi connectivity index (χ4n) is 0.316. The molecule has 1 N–H and O–H groups in total. The number of nitrogens with zero attached hydrogens (tertiary/aromatic N) is 1. The number of hydrogen-bond acceptors (Lipinski definition) is 3. The van der Waals surface area contributed by atoms with E-state index in [0.29, 0.717) is 5.25 Å². The summed E-state index contributed by atoms with van der Waals surface area (Å²) in [5.41, 5.74) is 0.786. The van der Waals surface area contributed by atoms with E-state index < -0.39 is 0 Å². The molecule has 2 nitrogen and oxygen atoms in total. The lowest BCUT2D eigenvalue weighted by Crippen LogP contribution is -1.98. The molecule has 0 aromatic rings. The van der Waals surface area contributed by atoms with Crippen LogP contribution in [0.3, 0.4) is 0 Å². The third-order valence-electron chi connectivity index (χ3n) is 0.796. The third-order valence-corrected chi connectivity index (χ3v) is 2.05. The van der Waals surface area contributed by atoms with Gasteiger partial charge in [-0.15, -0.1) is 0 Å². The summed E-state index contributed by atoms with van der Waals surface area (Å²) in [5.74, 6) is 0.828. The lowest BCUT2D eigenvalue weighted by atomic mass is 10.5. The van der Waals surface area contributed by atoms with E-state index in [1.165, 1.54) is 0 Å². The molecule has 3 heteroatoms. The summed E-state index contributed by atoms with van der Waals surface area (Å²) < 4.78 is 0. The molecule has 0 unspecified atom stereocenters. The number of hydrogen-bond donors (Lipinski definition) is 1. The van der Waals surface area contributed by atoms with Crippen LogP contribution in [-0.2, 0) is 0 Å². The molecular formula is C6H13NOS. The molecule has 9 heavy (non-hydrogen) atoms. The molecule has 0 aliphatic rings. The molecule has 0 rings (SSSR count). The van der Waals surface area contributed by atoms with E-state index in [-0.39, 0.29) is 0 Å². The first kappa shape index (κ1) is 8.82. The molecule has 0 saturated heterocycles. The predicted molar refractivity (Wildman–Crippen MR) is 42.5 cm³/mol. The summed E-state index contributed by atoms with van der Waals surface area (Å²) in [7, 11) is 0. The maximum atomic E-state index is 8.22. The highest BCUT2D eigenvalue weighted by Crippen LogP contribution is 2.08. The van der Waals surface area contributed by atoms with Crippen molar-refractivity contribution in [2.45, 2.75) is 26.0 Å². The van der Waals surface area contributed by atoms with Crippen LogP contribution in [0.25, 0.3) is 0 Å². The van der Waals surface area contributed by atoms with E-state index in [0.717, 1.165) is 11.5 Å². The van der Waals surface area contributed by atoms with Gasteiger partial charge in [0.25, 0.3) is 0 Å². The van der Waals surface area contributed by atoms with Crippen molar-refractivity contribution in [3.8, 4) is 0 Å². The van der Waals surface area contributed by atoms with Gasteiger partial charge < -0.3 is 5.21 Å². The average Bonchev–Trinajstić information content (AvgIpc) is 1.83. The molecule has 0 aromatic heterocycles. The van der Waals surface area contributed by atoms with Gasteiger partial charge in [0.15, 0.2) is 0 Å². The minimum atomic E-state index is 0.613. The second kappa shape index (κ2) is 4.68. The molecule has 0 heterocycles. The molecule has 0 atom stereocenters. The maximum absolute atomic E-state index is 8.22. The Labute approximate surface area is 60.3 Å². The van der Waals surface area contributed by atoms with Crippen LogP contribution < -0.4 is 0 Å². The smallest absolute Gasteiger partial charge is 0.0638 e. The van der Waals surface area contributed by atoms with Crippen molar-refractivity contribution in [2.75, 3.05) is 5.75 Å². The summed E-state index contributed by atoms with van der Waals surface area (Å²) in [6, 6.07) is 0. The van der Waals surface area contributed by atoms with Gasteiger partial charge in [-0.25, -0.2) is 0 Å². The predicted octanol–water partition coefficient (Wildman–Crippen LogP) is 1.98. The quantitative estimate of drug-likeness (QED) is 0.376. The first-order chi connectivity index (χ1) is 4.16. The van der Waals surface area contributed by atoms with E-state index in [9.17, 15) is 0 Å². The fraction of sp³-hybridized carbons (Fsp3) is 0.833. The summed E-state index contributed by atoms with van der Waals surface area (Å²) in [6.45, 7) is 6.06. The van der Waals surface area contributed by atoms with Crippen molar-refractivity contribution in [1.82, 2.24) is 0 Å². The highest BCUT2D eigenvalue weighted by atomic mass is 32.2. The maximum Gasteiger partial charge on any atom is 0.0638 e. The summed E-state index contributed by atoms with van der Waals surface area (Å²) in [4.78, 5) is 0. The van der Waals surface area contributed by atoms with Crippen LogP contribution in [-0.4, -0.2) is 21.9 Å². The number of thioether (sulfide) groups is 1. The van der Waals surface area contributed by atoms with Crippen LogP contribution in [0.15, 0.2) is 5.16 Å². The highest BCUT2D eigenvalue weighted by molar-refractivity contribution is 8.00. The SMILES string of the molecule is CC(CSC(C)C)=NO. The average molecular weight is 147 g/mol. The van der Waals surface area contributed by atoms with Gasteiger partial charge in [0, 0.05) is 5.75 Å². The third kappa shape index (κ3) is 5.69. The zero-order valence-corrected chi connectivity index (χ0v) is 6.90. The first-order valence-electron chi connectivity index (χ1n) is 2.96. The van der Waals surface area contributed by atoms with Crippen LogP contribution >= 0.6 is 11.8 Å². The Balaban J connectivity index is 3.28. The lowest BCUT2D eigenvalue weighted by Gasteiger charge is -2.01. The van der Waals surface area contributed by atoms with Crippen molar-refractivity contribution in [2.24, 2.45) is 5.16 Å². The van der Waals surface area contributed by atoms with Gasteiger partial charge in [0.1, 0.15) is 0 Å². The van der Waals surface area contributed by atoms with Crippen LogP contribution in [0.5, 0.6) is 0 Å². The fourth-order valence-corrected chi connectivity index (χ4v) is 0.948. The van der Waals surface area contributed by atoms with E-state index in [1.54, 1.807) is 11.8 Å². The van der Waals surface area contributed by atoms with Gasteiger partial charge in [-0.2, -0.15) is 11.8 Å². The molecule has 0 aromatic carbocycles. The van der Waals surface area contributed by atoms with Gasteiger partial charge in [0.05, 0.1) is 5.71 Å². The molecule has 0 amide bonds. The van der Waals surface area contributed by atoms with Crippen LogP contribution in [0, 0.1) is 0 Å². The van der Waals surface area contributed by atoms with Crippen LogP contribution in [0.2, 0.25) is 0 Å². The van der Waals surface area contributed by atoms with E-state index in [2.05, 4.69) is 19.0 Å². The Hall–Kier alpha value is -0.180. The Kier molecular flexibility index (Phi) is 4.58. The second-order valence-corrected chi connectivity index (χ2v) is 3.76. The lowest BCUT2D eigenvalue weighted by molar-refractivity contribution is 0.318. The number of rotatable bonds is 3. The molecule has 0 saturated carbocycles. The van der Waals surface area contributed by atoms with Gasteiger partial charge in [-0.3, -0.25) is 0 Å². The van der Waals surface area contributed by atoms with Gasteiger partial charge in [-0.1, -0.05) is 19.0 Å². The molecule has 0 aliphatic carbocycles. The Morgan fingerprint density at radius 1 is 1.67 bits per heavy atom. The van der Waals surface area contributed by atoms with Crippen molar-refractivity contribution < 1.29 is 5.21 Å². The molecule has 0 spiro atoms. The van der Waals surface area contributed by atoms with Gasteiger partial charge in [0.2, 0.25) is 0 Å². The van der Waals surface area contributed by atoms with Gasteiger partial charge >= 0.3 is 0 Å². The number of oxime groups is 1. The Morgan fingerprint density at radius 3 is 2.56 bits per heavy atom. The monoisotopic (exact) mass is 147 g/mol. The molecule has 0 bridgehead atoms. The van der Waals surface area contributed by atoms with Crippen molar-refractivity contribution in [1.29, 1.82) is 0 Å². The zero-order valence-electron chi connectivity index (χ0n) is 6.09. The summed E-state index contributed by atoms with van der Waals surface area (Å²) in [6.07, 6.45) is 0. The Morgan fingerprint density at radius 2 is 2.22 bits per heavy atom. The first-order valence-corrected chi connectivity index (χ1v) is 4.00. The Bertz CT molecular complexity index is 101. The zero-order chi connectivity index (χ0) is 7.28. The summed E-state index contributed by atoms with van der Waals surface area (Å²) >= 11 is 1.77. The van der Waals surface area contributed by atoms with Crippen LogP contribution in [0.1, 0.15) is 20.8 Å². The minimum Gasteiger partial charge on any atom is -0.411 e. The molecule has 0 aliphatic heterocycles. The summed E-state index contributed by atoms with van der Waals surface area (Å²) in [5, 5.41) is 11.9. The topological polar surface area (TPSA) is 32.6 Å².